The number of H-pyrrole nitrogens is 1. The fourth-order valence-corrected chi connectivity index (χ4v) is 3.33. The van der Waals surface area contributed by atoms with Crippen LogP contribution in [0.25, 0.3) is 10.9 Å². The number of carbonyl (C=O) groups excluding carboxylic acids is 1. The van der Waals surface area contributed by atoms with E-state index < -0.39 is 23.9 Å². The number of halogens is 4. The van der Waals surface area contributed by atoms with Crippen molar-refractivity contribution in [3.8, 4) is 0 Å². The van der Waals surface area contributed by atoms with Crippen LogP contribution in [0.1, 0.15) is 29.4 Å². The average molecular weight is 405 g/mol. The van der Waals surface area contributed by atoms with E-state index in [4.69, 9.17) is 0 Å². The first kappa shape index (κ1) is 20.6. The summed E-state index contributed by atoms with van der Waals surface area (Å²) in [6.45, 7) is 7.36. The molecule has 0 saturated heterocycles. The molecule has 0 aliphatic carbocycles. The highest BCUT2D eigenvalue weighted by atomic mass is 19.4. The number of nitrogens with one attached hydrogen (secondary N) is 1. The van der Waals surface area contributed by atoms with Crippen LogP contribution < -0.4 is 4.90 Å². The summed E-state index contributed by atoms with van der Waals surface area (Å²) >= 11 is 0. The molecule has 3 rings (SSSR count). The lowest BCUT2D eigenvalue weighted by atomic mass is 10.0. The summed E-state index contributed by atoms with van der Waals surface area (Å²) in [5.41, 5.74) is 2.54. The Hall–Kier alpha value is -3.16. The lowest BCUT2D eigenvalue weighted by Gasteiger charge is -2.32. The number of aryl methyl sites for hydroxylation is 2. The van der Waals surface area contributed by atoms with Crippen molar-refractivity contribution in [3.05, 3.63) is 72.0 Å². The van der Waals surface area contributed by atoms with Crippen LogP contribution in [0.5, 0.6) is 0 Å². The van der Waals surface area contributed by atoms with Crippen molar-refractivity contribution >= 4 is 22.5 Å². The van der Waals surface area contributed by atoms with E-state index >= 15 is 0 Å². The fourth-order valence-electron chi connectivity index (χ4n) is 3.33. The smallest absolute Gasteiger partial charge is 0.357 e. The summed E-state index contributed by atoms with van der Waals surface area (Å²) in [5.74, 6) is -2.68. The zero-order valence-electron chi connectivity index (χ0n) is 15.8. The summed E-state index contributed by atoms with van der Waals surface area (Å²) in [6, 6.07) is 4.97. The maximum Gasteiger partial charge on any atom is 0.471 e. The van der Waals surface area contributed by atoms with Crippen LogP contribution in [0.4, 0.5) is 23.2 Å². The highest BCUT2D eigenvalue weighted by molar-refractivity contribution is 5.99. The molecule has 1 amide bonds. The summed E-state index contributed by atoms with van der Waals surface area (Å²) in [7, 11) is 0. The molecule has 0 fully saturated rings. The van der Waals surface area contributed by atoms with Crippen molar-refractivity contribution in [2.24, 2.45) is 0 Å². The molecule has 2 heterocycles. The zero-order valence-corrected chi connectivity index (χ0v) is 15.8. The third-order valence-corrected chi connectivity index (χ3v) is 4.84. The predicted octanol–water partition coefficient (Wildman–Crippen LogP) is 5.53. The number of anilines is 1. The van der Waals surface area contributed by atoms with Crippen LogP contribution in [0.15, 0.2) is 49.2 Å². The van der Waals surface area contributed by atoms with Crippen molar-refractivity contribution in [2.75, 3.05) is 4.90 Å². The number of aromatic nitrogens is 2. The van der Waals surface area contributed by atoms with E-state index in [0.29, 0.717) is 10.4 Å². The van der Waals surface area contributed by atoms with Crippen LogP contribution >= 0.6 is 0 Å². The molecule has 0 aliphatic heterocycles. The maximum absolute atomic E-state index is 13.4. The van der Waals surface area contributed by atoms with Crippen LogP contribution in [0, 0.1) is 19.7 Å². The first-order valence-electron chi connectivity index (χ1n) is 8.85. The number of amides is 1. The molecule has 29 heavy (non-hydrogen) atoms. The van der Waals surface area contributed by atoms with E-state index in [1.165, 1.54) is 12.3 Å². The molecule has 2 aromatic heterocycles. The fraction of sp³-hybridized carbons (Fsp3) is 0.238. The Bertz CT molecular complexity index is 1050. The third-order valence-electron chi connectivity index (χ3n) is 4.84. The molecule has 0 radical (unpaired) electrons. The van der Waals surface area contributed by atoms with Gasteiger partial charge < -0.3 is 4.98 Å². The Labute approximate surface area is 164 Å². The Morgan fingerprint density at radius 2 is 1.90 bits per heavy atom. The van der Waals surface area contributed by atoms with Crippen molar-refractivity contribution in [1.29, 1.82) is 0 Å². The summed E-state index contributed by atoms with van der Waals surface area (Å²) in [6.07, 6.45) is -2.19. The normalized spacial score (nSPS) is 12.8. The van der Waals surface area contributed by atoms with Gasteiger partial charge in [-0.1, -0.05) is 6.08 Å². The summed E-state index contributed by atoms with van der Waals surface area (Å²) in [4.78, 5) is 20.4. The molecule has 3 aromatic rings. The maximum atomic E-state index is 13.4. The molecule has 0 spiro atoms. The van der Waals surface area contributed by atoms with Crippen LogP contribution in [0.2, 0.25) is 0 Å². The highest BCUT2D eigenvalue weighted by Crippen LogP contribution is 2.37. The number of pyridine rings is 1. The predicted molar refractivity (Wildman–Crippen MR) is 103 cm³/mol. The van der Waals surface area contributed by atoms with Gasteiger partial charge in [-0.05, 0) is 56.2 Å². The molecule has 1 unspecified atom stereocenters. The number of carbonyl (C=O) groups is 1. The van der Waals surface area contributed by atoms with E-state index in [1.807, 2.05) is 13.8 Å². The molecule has 152 valence electrons. The standard InChI is InChI=1S/C21H19F4N3O/c1-4-5-17(19-18-16(10-11-26-19)12(2)13(3)27-18)28(20(29)21(23,24)25)15-8-6-14(22)7-9-15/h4,6-11,17,27H,1,5H2,2-3H3. The average Bonchev–Trinajstić information content (AvgIpc) is 2.96. The van der Waals surface area contributed by atoms with Crippen LogP contribution in [0.3, 0.4) is 0 Å². The first-order valence-corrected chi connectivity index (χ1v) is 8.85. The van der Waals surface area contributed by atoms with Crippen molar-refractivity contribution in [1.82, 2.24) is 9.97 Å². The van der Waals surface area contributed by atoms with Gasteiger partial charge in [-0.15, -0.1) is 6.58 Å². The Morgan fingerprint density at radius 1 is 1.24 bits per heavy atom. The van der Waals surface area contributed by atoms with Gasteiger partial charge in [0.05, 0.1) is 17.3 Å². The Kier molecular flexibility index (Phi) is 5.46. The molecule has 4 nitrogen and oxygen atoms in total. The summed E-state index contributed by atoms with van der Waals surface area (Å²) < 4.78 is 53.7. The van der Waals surface area contributed by atoms with Gasteiger partial charge in [0.1, 0.15) is 5.82 Å². The molecule has 8 heteroatoms. The molecular weight excluding hydrogens is 386 g/mol. The third kappa shape index (κ3) is 3.87. The lowest BCUT2D eigenvalue weighted by molar-refractivity contribution is -0.171. The minimum atomic E-state index is -5.12. The highest BCUT2D eigenvalue weighted by Gasteiger charge is 2.46. The van der Waals surface area contributed by atoms with E-state index in [-0.39, 0.29) is 17.8 Å². The van der Waals surface area contributed by atoms with E-state index in [0.717, 1.165) is 40.9 Å². The quantitative estimate of drug-likeness (QED) is 0.448. The number of fused-ring (bicyclic) bond motifs is 1. The number of aromatic amines is 1. The van der Waals surface area contributed by atoms with E-state index in [1.54, 1.807) is 6.07 Å². The van der Waals surface area contributed by atoms with Gasteiger partial charge in [-0.3, -0.25) is 14.7 Å². The van der Waals surface area contributed by atoms with Gasteiger partial charge >= 0.3 is 12.1 Å². The van der Waals surface area contributed by atoms with Crippen LogP contribution in [-0.2, 0) is 4.79 Å². The first-order chi connectivity index (χ1) is 13.6. The minimum Gasteiger partial charge on any atom is -0.357 e. The van der Waals surface area contributed by atoms with Gasteiger partial charge in [-0.25, -0.2) is 4.39 Å². The van der Waals surface area contributed by atoms with Crippen LogP contribution in [-0.4, -0.2) is 22.1 Å². The Balaban J connectivity index is 2.25. The number of hydrogen-bond donors (Lipinski definition) is 1. The van der Waals surface area contributed by atoms with Gasteiger partial charge in [0.15, 0.2) is 0 Å². The van der Waals surface area contributed by atoms with Gasteiger partial charge in [-0.2, -0.15) is 13.2 Å². The number of alkyl halides is 3. The second kappa shape index (κ2) is 7.69. The summed E-state index contributed by atoms with van der Waals surface area (Å²) in [5, 5.41) is 0.806. The number of rotatable bonds is 5. The minimum absolute atomic E-state index is 0.0163. The molecule has 0 aliphatic rings. The second-order valence-electron chi connectivity index (χ2n) is 6.68. The Morgan fingerprint density at radius 3 is 2.48 bits per heavy atom. The second-order valence-corrected chi connectivity index (χ2v) is 6.68. The van der Waals surface area contributed by atoms with E-state index in [2.05, 4.69) is 16.5 Å². The SMILES string of the molecule is C=CCC(c1nccc2c(C)c(C)[nH]c12)N(C(=O)C(F)(F)F)c1ccc(F)cc1. The molecule has 0 bridgehead atoms. The van der Waals surface area contributed by atoms with Crippen molar-refractivity contribution in [3.63, 3.8) is 0 Å². The largest absolute Gasteiger partial charge is 0.471 e. The van der Waals surface area contributed by atoms with Gasteiger partial charge in [0.25, 0.3) is 0 Å². The lowest BCUT2D eigenvalue weighted by Crippen LogP contribution is -2.43. The molecular formula is C21H19F4N3O. The molecule has 0 saturated carbocycles. The van der Waals surface area contributed by atoms with Crippen molar-refractivity contribution in [2.45, 2.75) is 32.5 Å². The molecule has 1 atom stereocenters. The van der Waals surface area contributed by atoms with Crippen molar-refractivity contribution < 1.29 is 22.4 Å². The van der Waals surface area contributed by atoms with E-state index in [9.17, 15) is 22.4 Å². The number of nitrogens with zero attached hydrogens (tertiary/aromatic N) is 2. The topological polar surface area (TPSA) is 49.0 Å². The van der Waals surface area contributed by atoms with Gasteiger partial charge in [0.2, 0.25) is 0 Å². The zero-order chi connectivity index (χ0) is 21.3. The van der Waals surface area contributed by atoms with Gasteiger partial charge in [0, 0.05) is 23.0 Å². The molecule has 1 N–H and O–H groups in total. The molecule has 1 aromatic carbocycles. The monoisotopic (exact) mass is 405 g/mol. The number of benzene rings is 1. The number of hydrogen-bond acceptors (Lipinski definition) is 2.